The lowest BCUT2D eigenvalue weighted by Crippen LogP contribution is -2.04. The SMILES string of the molecule is Cc1c(-n2cc([N+](=O)[O-])c(C(=O)O)n2)cccc1[N+](=O)[O-]. The number of aromatic carboxylic acids is 1. The van der Waals surface area contributed by atoms with Crippen LogP contribution in [0.15, 0.2) is 24.4 Å². The first-order chi connectivity index (χ1) is 9.82. The Hall–Kier alpha value is -3.30. The molecule has 10 heteroatoms. The molecule has 1 heterocycles. The monoisotopic (exact) mass is 292 g/mol. The first-order valence-electron chi connectivity index (χ1n) is 5.54. The summed E-state index contributed by atoms with van der Waals surface area (Å²) in [5.41, 5.74) is -1.20. The van der Waals surface area contributed by atoms with Gasteiger partial charge in [-0.05, 0) is 13.0 Å². The topological polar surface area (TPSA) is 141 Å². The molecule has 2 rings (SSSR count). The Bertz CT molecular complexity index is 735. The Morgan fingerprint density at radius 3 is 2.33 bits per heavy atom. The van der Waals surface area contributed by atoms with Gasteiger partial charge >= 0.3 is 11.7 Å². The lowest BCUT2D eigenvalue weighted by molar-refractivity contribution is -0.385. The average Bonchev–Trinajstić information content (AvgIpc) is 2.83. The van der Waals surface area contributed by atoms with Crippen LogP contribution >= 0.6 is 0 Å². The number of rotatable bonds is 4. The summed E-state index contributed by atoms with van der Waals surface area (Å²) in [4.78, 5) is 31.1. The Kier molecular flexibility index (Phi) is 3.36. The Morgan fingerprint density at radius 1 is 1.24 bits per heavy atom. The van der Waals surface area contributed by atoms with Gasteiger partial charge in [-0.25, -0.2) is 9.48 Å². The van der Waals surface area contributed by atoms with Gasteiger partial charge in [0, 0.05) is 6.07 Å². The Labute approximate surface area is 116 Å². The summed E-state index contributed by atoms with van der Waals surface area (Å²) in [5, 5.41) is 34.2. The molecule has 0 fully saturated rings. The van der Waals surface area contributed by atoms with Crippen molar-refractivity contribution in [2.45, 2.75) is 6.92 Å². The summed E-state index contributed by atoms with van der Waals surface area (Å²) in [7, 11) is 0. The van der Waals surface area contributed by atoms with E-state index in [4.69, 9.17) is 5.11 Å². The highest BCUT2D eigenvalue weighted by atomic mass is 16.6. The second-order valence-electron chi connectivity index (χ2n) is 4.05. The number of carboxylic acids is 1. The molecular formula is C11H8N4O6. The second kappa shape index (κ2) is 5.00. The van der Waals surface area contributed by atoms with Crippen LogP contribution in [-0.2, 0) is 0 Å². The minimum absolute atomic E-state index is 0.192. The van der Waals surface area contributed by atoms with Crippen LogP contribution in [0.2, 0.25) is 0 Å². The molecule has 1 N–H and O–H groups in total. The van der Waals surface area contributed by atoms with E-state index in [1.165, 1.54) is 25.1 Å². The maximum Gasteiger partial charge on any atom is 0.363 e. The van der Waals surface area contributed by atoms with Crippen LogP contribution in [0.3, 0.4) is 0 Å². The van der Waals surface area contributed by atoms with E-state index < -0.39 is 27.2 Å². The van der Waals surface area contributed by atoms with E-state index in [1.54, 1.807) is 0 Å². The number of hydrogen-bond acceptors (Lipinski definition) is 6. The van der Waals surface area contributed by atoms with E-state index in [-0.39, 0.29) is 16.9 Å². The van der Waals surface area contributed by atoms with Crippen LogP contribution < -0.4 is 0 Å². The van der Waals surface area contributed by atoms with Gasteiger partial charge in [0.25, 0.3) is 5.69 Å². The molecule has 1 aromatic carbocycles. The Balaban J connectivity index is 2.66. The molecule has 108 valence electrons. The zero-order valence-corrected chi connectivity index (χ0v) is 10.6. The standard InChI is InChI=1S/C11H8N4O6/c1-6-7(3-2-4-8(6)14(18)19)13-5-9(15(20)21)10(12-13)11(16)17/h2-5H,1H3,(H,16,17). The van der Waals surface area contributed by atoms with E-state index in [1.807, 2.05) is 0 Å². The van der Waals surface area contributed by atoms with Gasteiger partial charge in [-0.15, -0.1) is 0 Å². The largest absolute Gasteiger partial charge is 0.476 e. The van der Waals surface area contributed by atoms with Crippen molar-refractivity contribution in [2.75, 3.05) is 0 Å². The van der Waals surface area contributed by atoms with E-state index >= 15 is 0 Å². The molecule has 0 spiro atoms. The number of benzene rings is 1. The number of carbonyl (C=O) groups is 1. The van der Waals surface area contributed by atoms with Gasteiger partial charge < -0.3 is 5.11 Å². The smallest absolute Gasteiger partial charge is 0.363 e. The first kappa shape index (κ1) is 14.1. The van der Waals surface area contributed by atoms with Gasteiger partial charge in [-0.3, -0.25) is 20.2 Å². The van der Waals surface area contributed by atoms with Crippen molar-refractivity contribution in [1.29, 1.82) is 0 Å². The summed E-state index contributed by atoms with van der Waals surface area (Å²) in [6.07, 6.45) is 0.912. The van der Waals surface area contributed by atoms with Crippen molar-refractivity contribution in [3.8, 4) is 5.69 Å². The van der Waals surface area contributed by atoms with Crippen LogP contribution in [0.25, 0.3) is 5.69 Å². The molecular weight excluding hydrogens is 284 g/mol. The van der Waals surface area contributed by atoms with Crippen molar-refractivity contribution in [3.05, 3.63) is 55.9 Å². The van der Waals surface area contributed by atoms with Gasteiger partial charge in [0.05, 0.1) is 21.1 Å². The third-order valence-corrected chi connectivity index (χ3v) is 2.81. The molecule has 2 aromatic rings. The van der Waals surface area contributed by atoms with Crippen LogP contribution in [0.4, 0.5) is 11.4 Å². The highest BCUT2D eigenvalue weighted by Crippen LogP contribution is 2.26. The van der Waals surface area contributed by atoms with E-state index in [0.717, 1.165) is 10.9 Å². The molecule has 0 aliphatic carbocycles. The van der Waals surface area contributed by atoms with Crippen molar-refractivity contribution in [1.82, 2.24) is 9.78 Å². The van der Waals surface area contributed by atoms with Crippen molar-refractivity contribution >= 4 is 17.3 Å². The number of hydrogen-bond donors (Lipinski definition) is 1. The molecule has 0 aliphatic rings. The summed E-state index contributed by atoms with van der Waals surface area (Å²) in [5.74, 6) is -1.55. The van der Waals surface area contributed by atoms with Crippen molar-refractivity contribution < 1.29 is 19.7 Å². The number of nitrogens with zero attached hydrogens (tertiary/aromatic N) is 4. The second-order valence-corrected chi connectivity index (χ2v) is 4.05. The van der Waals surface area contributed by atoms with E-state index in [0.29, 0.717) is 0 Å². The number of carboxylic acid groups (broad SMARTS) is 1. The summed E-state index contributed by atoms with van der Waals surface area (Å²) in [6, 6.07) is 4.11. The zero-order valence-electron chi connectivity index (χ0n) is 10.6. The third-order valence-electron chi connectivity index (χ3n) is 2.81. The van der Waals surface area contributed by atoms with Crippen LogP contribution in [0.5, 0.6) is 0 Å². The molecule has 10 nitrogen and oxygen atoms in total. The predicted molar refractivity (Wildman–Crippen MR) is 68.6 cm³/mol. The molecule has 0 radical (unpaired) electrons. The van der Waals surface area contributed by atoms with Gasteiger partial charge in [-0.1, -0.05) is 6.07 Å². The molecule has 0 bridgehead atoms. The fourth-order valence-corrected chi connectivity index (χ4v) is 1.83. The predicted octanol–water partition coefficient (Wildman–Crippen LogP) is 1.70. The lowest BCUT2D eigenvalue weighted by Gasteiger charge is -2.05. The van der Waals surface area contributed by atoms with Crippen LogP contribution in [0, 0.1) is 27.2 Å². The fraction of sp³-hybridized carbons (Fsp3) is 0.0909. The third kappa shape index (κ3) is 2.41. The molecule has 0 atom stereocenters. The van der Waals surface area contributed by atoms with Gasteiger partial charge in [0.2, 0.25) is 5.69 Å². The molecule has 0 unspecified atom stereocenters. The minimum atomic E-state index is -1.55. The van der Waals surface area contributed by atoms with E-state index in [9.17, 15) is 25.0 Å². The lowest BCUT2D eigenvalue weighted by atomic mass is 10.1. The van der Waals surface area contributed by atoms with Gasteiger partial charge in [-0.2, -0.15) is 5.10 Å². The zero-order chi connectivity index (χ0) is 15.7. The first-order valence-corrected chi connectivity index (χ1v) is 5.54. The molecule has 0 aliphatic heterocycles. The quantitative estimate of drug-likeness (QED) is 0.667. The highest BCUT2D eigenvalue weighted by molar-refractivity contribution is 5.90. The highest BCUT2D eigenvalue weighted by Gasteiger charge is 2.26. The van der Waals surface area contributed by atoms with Gasteiger partial charge in [0.15, 0.2) is 0 Å². The van der Waals surface area contributed by atoms with Crippen molar-refractivity contribution in [3.63, 3.8) is 0 Å². The maximum absolute atomic E-state index is 10.9. The molecule has 0 amide bonds. The number of aromatic nitrogens is 2. The summed E-state index contributed by atoms with van der Waals surface area (Å²) < 4.78 is 0.948. The number of nitro groups is 2. The summed E-state index contributed by atoms with van der Waals surface area (Å²) >= 11 is 0. The summed E-state index contributed by atoms with van der Waals surface area (Å²) in [6.45, 7) is 1.45. The van der Waals surface area contributed by atoms with Crippen LogP contribution in [0.1, 0.15) is 16.1 Å². The Morgan fingerprint density at radius 2 is 1.86 bits per heavy atom. The average molecular weight is 292 g/mol. The maximum atomic E-state index is 10.9. The normalized spacial score (nSPS) is 10.3. The number of nitro benzene ring substituents is 1. The van der Waals surface area contributed by atoms with E-state index in [2.05, 4.69) is 5.10 Å². The van der Waals surface area contributed by atoms with Crippen molar-refractivity contribution in [2.24, 2.45) is 0 Å². The molecule has 0 saturated carbocycles. The van der Waals surface area contributed by atoms with Crippen LogP contribution in [-0.4, -0.2) is 30.7 Å². The molecule has 1 aromatic heterocycles. The molecule has 21 heavy (non-hydrogen) atoms. The molecule has 0 saturated heterocycles. The fourth-order valence-electron chi connectivity index (χ4n) is 1.83. The van der Waals surface area contributed by atoms with Gasteiger partial charge in [0.1, 0.15) is 6.20 Å². The minimum Gasteiger partial charge on any atom is -0.476 e.